The molecule has 2 fully saturated rings. The largest absolute Gasteiger partial charge is 0.481 e. The van der Waals surface area contributed by atoms with Crippen LogP contribution in [0.3, 0.4) is 0 Å². The van der Waals surface area contributed by atoms with Gasteiger partial charge < -0.3 is 15.8 Å². The number of benzene rings is 1. The van der Waals surface area contributed by atoms with Crippen molar-refractivity contribution in [3.8, 4) is 5.75 Å². The first kappa shape index (κ1) is 13.9. The molecule has 4 rings (SSSR count). The molecule has 0 amide bonds. The van der Waals surface area contributed by atoms with Gasteiger partial charge in [-0.25, -0.2) is 0 Å². The monoisotopic (exact) mass is 299 g/mol. The van der Waals surface area contributed by atoms with Gasteiger partial charge in [0.1, 0.15) is 11.6 Å². The first-order chi connectivity index (χ1) is 10.6. The maximum absolute atomic E-state index is 5.98. The molecule has 0 saturated heterocycles. The Labute approximate surface area is 132 Å². The quantitative estimate of drug-likeness (QED) is 0.819. The number of aliphatic imine (C=N–C) groups is 1. The van der Waals surface area contributed by atoms with Crippen molar-refractivity contribution in [2.75, 3.05) is 11.1 Å². The van der Waals surface area contributed by atoms with E-state index in [1.165, 1.54) is 25.7 Å². The van der Waals surface area contributed by atoms with Gasteiger partial charge in [-0.05, 0) is 69.1 Å². The van der Waals surface area contributed by atoms with E-state index in [1.54, 1.807) is 0 Å². The van der Waals surface area contributed by atoms with Crippen LogP contribution < -0.4 is 15.8 Å². The maximum atomic E-state index is 5.98. The fourth-order valence-electron chi connectivity index (χ4n) is 4.57. The predicted molar refractivity (Wildman–Crippen MR) is 90.4 cm³/mol. The van der Waals surface area contributed by atoms with Crippen molar-refractivity contribution in [1.82, 2.24) is 0 Å². The summed E-state index contributed by atoms with van der Waals surface area (Å²) in [5.41, 5.74) is 7.54. The first-order valence-corrected chi connectivity index (χ1v) is 8.51. The van der Waals surface area contributed by atoms with Crippen molar-refractivity contribution in [2.45, 2.75) is 51.7 Å². The number of nitrogens with zero attached hydrogens (tertiary/aromatic N) is 1. The van der Waals surface area contributed by atoms with Crippen molar-refractivity contribution in [2.24, 2.45) is 22.7 Å². The maximum Gasteiger partial charge on any atom is 0.153 e. The van der Waals surface area contributed by atoms with Crippen molar-refractivity contribution >= 4 is 17.2 Å². The van der Waals surface area contributed by atoms with Gasteiger partial charge >= 0.3 is 0 Å². The summed E-state index contributed by atoms with van der Waals surface area (Å²) in [4.78, 5) is 4.99. The van der Waals surface area contributed by atoms with Crippen LogP contribution in [-0.2, 0) is 0 Å². The molecule has 5 atom stereocenters. The molecule has 5 unspecified atom stereocenters. The van der Waals surface area contributed by atoms with Crippen LogP contribution in [0.4, 0.5) is 11.4 Å². The van der Waals surface area contributed by atoms with Gasteiger partial charge in [-0.1, -0.05) is 6.42 Å². The van der Waals surface area contributed by atoms with Crippen LogP contribution in [0, 0.1) is 17.8 Å². The van der Waals surface area contributed by atoms with Crippen molar-refractivity contribution in [1.29, 1.82) is 0 Å². The molecule has 3 N–H and O–H groups in total. The number of rotatable bonds is 2. The summed E-state index contributed by atoms with van der Waals surface area (Å²) in [5.74, 6) is 4.40. The molecular weight excluding hydrogens is 274 g/mol. The van der Waals surface area contributed by atoms with Crippen LogP contribution in [0.2, 0.25) is 0 Å². The van der Waals surface area contributed by atoms with Crippen LogP contribution in [-0.4, -0.2) is 18.0 Å². The third-order valence-corrected chi connectivity index (χ3v) is 5.71. The molecule has 1 aromatic rings. The molecule has 22 heavy (non-hydrogen) atoms. The number of nitrogens with one attached hydrogen (secondary N) is 1. The Morgan fingerprint density at radius 3 is 2.91 bits per heavy atom. The van der Waals surface area contributed by atoms with Crippen molar-refractivity contribution < 1.29 is 4.74 Å². The highest BCUT2D eigenvalue weighted by Gasteiger charge is 2.42. The fraction of sp³-hybridized carbons (Fsp3) is 0.611. The van der Waals surface area contributed by atoms with Gasteiger partial charge in [0.05, 0.1) is 11.7 Å². The van der Waals surface area contributed by atoms with Gasteiger partial charge in [0, 0.05) is 5.69 Å². The van der Waals surface area contributed by atoms with Crippen LogP contribution in [0.15, 0.2) is 23.2 Å². The molecule has 2 aliphatic carbocycles. The summed E-state index contributed by atoms with van der Waals surface area (Å²) in [6.45, 7) is 4.32. The number of ether oxygens (including phenoxy) is 1. The Hall–Kier alpha value is -1.71. The summed E-state index contributed by atoms with van der Waals surface area (Å²) in [6, 6.07) is 6.07. The second kappa shape index (κ2) is 5.18. The van der Waals surface area contributed by atoms with E-state index in [9.17, 15) is 0 Å². The summed E-state index contributed by atoms with van der Waals surface area (Å²) in [7, 11) is 0. The molecule has 4 nitrogen and oxygen atoms in total. The topological polar surface area (TPSA) is 59.6 Å². The first-order valence-electron chi connectivity index (χ1n) is 8.51. The van der Waals surface area contributed by atoms with E-state index in [2.05, 4.69) is 19.2 Å². The lowest BCUT2D eigenvalue weighted by atomic mass is 9.84. The summed E-state index contributed by atoms with van der Waals surface area (Å²) in [6.07, 6.45) is 5.61. The second-order valence-corrected chi connectivity index (χ2v) is 7.23. The fourth-order valence-corrected chi connectivity index (χ4v) is 4.57. The van der Waals surface area contributed by atoms with Gasteiger partial charge in [-0.15, -0.1) is 0 Å². The second-order valence-electron chi connectivity index (χ2n) is 7.23. The highest BCUT2D eigenvalue weighted by molar-refractivity contribution is 6.02. The minimum Gasteiger partial charge on any atom is -0.481 e. The smallest absolute Gasteiger partial charge is 0.153 e. The number of amidine groups is 1. The molecule has 1 heterocycles. The lowest BCUT2D eigenvalue weighted by Crippen LogP contribution is -2.37. The zero-order valence-electron chi connectivity index (χ0n) is 13.4. The van der Waals surface area contributed by atoms with Gasteiger partial charge in [0.2, 0.25) is 0 Å². The molecule has 4 heteroatoms. The lowest BCUT2D eigenvalue weighted by molar-refractivity contribution is 0.273. The molecule has 2 saturated carbocycles. The van der Waals surface area contributed by atoms with Crippen molar-refractivity contribution in [3.63, 3.8) is 0 Å². The number of nitrogen functional groups attached to an aromatic ring is 1. The predicted octanol–water partition coefficient (Wildman–Crippen LogP) is 3.68. The van der Waals surface area contributed by atoms with Gasteiger partial charge in [0.25, 0.3) is 0 Å². The minimum atomic E-state index is -0.0304. The van der Waals surface area contributed by atoms with E-state index in [0.717, 1.165) is 40.7 Å². The third-order valence-electron chi connectivity index (χ3n) is 5.71. The average molecular weight is 299 g/mol. The Bertz CT molecular complexity index is 612. The lowest BCUT2D eigenvalue weighted by Gasteiger charge is -2.30. The van der Waals surface area contributed by atoms with Crippen LogP contribution in [0.25, 0.3) is 0 Å². The zero-order chi connectivity index (χ0) is 15.3. The Kier molecular flexibility index (Phi) is 3.28. The third kappa shape index (κ3) is 2.34. The average Bonchev–Trinajstić information content (AvgIpc) is 3.11. The van der Waals surface area contributed by atoms with E-state index in [4.69, 9.17) is 15.5 Å². The molecule has 3 aliphatic rings. The number of nitrogens with two attached hydrogens (primary N) is 1. The normalized spacial score (nSPS) is 35.8. The van der Waals surface area contributed by atoms with Gasteiger partial charge in [0.15, 0.2) is 6.10 Å². The van der Waals surface area contributed by atoms with Crippen LogP contribution in [0.1, 0.15) is 39.5 Å². The number of anilines is 2. The summed E-state index contributed by atoms with van der Waals surface area (Å²) in [5, 5.41) is 3.43. The molecule has 2 bridgehead atoms. The highest BCUT2D eigenvalue weighted by Crippen LogP contribution is 2.50. The van der Waals surface area contributed by atoms with Gasteiger partial charge in [-0.2, -0.15) is 0 Å². The number of hydrogen-bond donors (Lipinski definition) is 2. The molecule has 1 aliphatic heterocycles. The van der Waals surface area contributed by atoms with E-state index >= 15 is 0 Å². The standard InChI is InChI=1S/C18H25N3O/c1-10(15-8-12-3-4-13(15)7-12)20-18-11(2)22-17-6-5-14(19)9-16(17)21-18/h5-6,9-13,15H,3-4,7-8,19H2,1-2H3,(H,20,21). The molecule has 1 aromatic carbocycles. The molecule has 0 spiro atoms. The summed E-state index contributed by atoms with van der Waals surface area (Å²) < 4.78 is 5.98. The zero-order valence-corrected chi connectivity index (χ0v) is 13.4. The Morgan fingerprint density at radius 1 is 1.32 bits per heavy atom. The molecule has 118 valence electrons. The van der Waals surface area contributed by atoms with Gasteiger partial charge in [-0.3, -0.25) is 4.99 Å². The highest BCUT2D eigenvalue weighted by atomic mass is 16.5. The van der Waals surface area contributed by atoms with Crippen molar-refractivity contribution in [3.05, 3.63) is 18.2 Å². The number of hydrogen-bond acceptors (Lipinski definition) is 3. The summed E-state index contributed by atoms with van der Waals surface area (Å²) >= 11 is 0. The number of fused-ring (bicyclic) bond motifs is 3. The van der Waals surface area contributed by atoms with E-state index in [0.29, 0.717) is 6.04 Å². The molecule has 0 radical (unpaired) electrons. The van der Waals surface area contributed by atoms with Crippen LogP contribution in [0.5, 0.6) is 5.75 Å². The Morgan fingerprint density at radius 2 is 2.18 bits per heavy atom. The van der Waals surface area contributed by atoms with E-state index in [-0.39, 0.29) is 6.10 Å². The van der Waals surface area contributed by atoms with Crippen LogP contribution >= 0.6 is 0 Å². The Balaban J connectivity index is 1.54. The minimum absolute atomic E-state index is 0.0304. The van der Waals surface area contributed by atoms with E-state index in [1.807, 2.05) is 18.2 Å². The SMILES string of the molecule is CC1Oc2ccc(N)cc2NC1=NC(C)C1CC2CCC1C2. The van der Waals surface area contributed by atoms with E-state index < -0.39 is 0 Å². The molecule has 0 aromatic heterocycles. The molecular formula is C18H25N3O.